The van der Waals surface area contributed by atoms with Crippen LogP contribution in [0, 0.1) is 13.8 Å². The van der Waals surface area contributed by atoms with Crippen LogP contribution >= 0.6 is 22.7 Å². The van der Waals surface area contributed by atoms with E-state index in [1.165, 1.54) is 33.6 Å². The second-order valence-corrected chi connectivity index (χ2v) is 8.41. The molecule has 3 rings (SSSR count). The maximum Gasteiger partial charge on any atom is 0.262 e. The summed E-state index contributed by atoms with van der Waals surface area (Å²) in [6, 6.07) is 0. The average Bonchev–Trinajstić information content (AvgIpc) is 3.15. The van der Waals surface area contributed by atoms with Gasteiger partial charge in [-0.15, -0.1) is 21.5 Å². The van der Waals surface area contributed by atoms with Gasteiger partial charge in [0.2, 0.25) is 11.0 Å². The summed E-state index contributed by atoms with van der Waals surface area (Å²) in [5.74, 6) is -0.311. The molecule has 0 radical (unpaired) electrons. The Hall–Kier alpha value is -2.13. The Balaban J connectivity index is 1.69. The van der Waals surface area contributed by atoms with Crippen LogP contribution in [0.25, 0.3) is 10.2 Å². The molecule has 0 aliphatic rings. The summed E-state index contributed by atoms with van der Waals surface area (Å²) in [7, 11) is 0. The lowest BCUT2D eigenvalue weighted by atomic mass is 10.2. The van der Waals surface area contributed by atoms with E-state index in [0.29, 0.717) is 15.3 Å². The van der Waals surface area contributed by atoms with Crippen molar-refractivity contribution in [2.75, 3.05) is 5.32 Å². The topological polar surface area (TPSA) is 89.8 Å². The van der Waals surface area contributed by atoms with Crippen molar-refractivity contribution < 1.29 is 4.79 Å². The Morgan fingerprint density at radius 2 is 2.04 bits per heavy atom. The number of thiophene rings is 1. The van der Waals surface area contributed by atoms with Crippen LogP contribution in [0.5, 0.6) is 0 Å². The highest BCUT2D eigenvalue weighted by Gasteiger charge is 2.14. The van der Waals surface area contributed by atoms with Gasteiger partial charge in [0.05, 0.1) is 11.7 Å². The molecule has 3 aromatic heterocycles. The van der Waals surface area contributed by atoms with Gasteiger partial charge in [0, 0.05) is 11.3 Å². The Kier molecular flexibility index (Phi) is 5.77. The van der Waals surface area contributed by atoms with Gasteiger partial charge in [0.1, 0.15) is 16.4 Å². The number of nitrogens with one attached hydrogen (secondary N) is 1. The third-order valence-corrected chi connectivity index (χ3v) is 6.19. The summed E-state index contributed by atoms with van der Waals surface area (Å²) in [5, 5.41) is 12.8. The minimum Gasteiger partial charge on any atom is -0.299 e. The molecule has 26 heavy (non-hydrogen) atoms. The second-order valence-electron chi connectivity index (χ2n) is 6.15. The van der Waals surface area contributed by atoms with Crippen molar-refractivity contribution in [3.63, 3.8) is 0 Å². The summed E-state index contributed by atoms with van der Waals surface area (Å²) < 4.78 is 1.33. The monoisotopic (exact) mass is 391 g/mol. The van der Waals surface area contributed by atoms with E-state index in [2.05, 4.69) is 27.4 Å². The summed E-state index contributed by atoms with van der Waals surface area (Å²) in [4.78, 5) is 31.0. The predicted molar refractivity (Wildman–Crippen MR) is 105 cm³/mol. The maximum absolute atomic E-state index is 12.6. The van der Waals surface area contributed by atoms with Gasteiger partial charge in [-0.3, -0.25) is 19.5 Å². The average molecular weight is 392 g/mol. The highest BCUT2D eigenvalue weighted by Crippen LogP contribution is 2.25. The molecular weight excluding hydrogens is 370 g/mol. The van der Waals surface area contributed by atoms with Gasteiger partial charge in [-0.2, -0.15) is 0 Å². The van der Waals surface area contributed by atoms with E-state index in [0.717, 1.165) is 41.1 Å². The minimum absolute atomic E-state index is 0.0964. The molecule has 138 valence electrons. The summed E-state index contributed by atoms with van der Waals surface area (Å²) in [5.41, 5.74) is 0.739. The number of hydrogen-bond acceptors (Lipinski definition) is 7. The molecule has 1 amide bonds. The van der Waals surface area contributed by atoms with Crippen LogP contribution in [0.15, 0.2) is 11.1 Å². The fraction of sp³-hybridized carbons (Fsp3) is 0.471. The zero-order chi connectivity index (χ0) is 18.7. The zero-order valence-electron chi connectivity index (χ0n) is 15.0. The molecule has 0 saturated carbocycles. The van der Waals surface area contributed by atoms with Crippen LogP contribution in [0.1, 0.15) is 41.6 Å². The molecule has 0 atom stereocenters. The van der Waals surface area contributed by atoms with E-state index in [4.69, 9.17) is 0 Å². The lowest BCUT2D eigenvalue weighted by Crippen LogP contribution is -2.27. The number of nitrogens with zero attached hydrogens (tertiary/aromatic N) is 4. The van der Waals surface area contributed by atoms with Crippen LogP contribution in [-0.2, 0) is 17.8 Å². The first-order valence-electron chi connectivity index (χ1n) is 8.57. The van der Waals surface area contributed by atoms with Gasteiger partial charge < -0.3 is 0 Å². The fourth-order valence-electron chi connectivity index (χ4n) is 2.63. The zero-order valence-corrected chi connectivity index (χ0v) is 16.7. The molecule has 0 aliphatic heterocycles. The third-order valence-electron chi connectivity index (χ3n) is 4.18. The van der Waals surface area contributed by atoms with Crippen molar-refractivity contribution in [1.29, 1.82) is 0 Å². The van der Waals surface area contributed by atoms with E-state index < -0.39 is 0 Å². The van der Waals surface area contributed by atoms with Gasteiger partial charge in [-0.25, -0.2) is 4.98 Å². The van der Waals surface area contributed by atoms with Crippen molar-refractivity contribution in [1.82, 2.24) is 19.7 Å². The van der Waals surface area contributed by atoms with E-state index >= 15 is 0 Å². The van der Waals surface area contributed by atoms with Gasteiger partial charge >= 0.3 is 0 Å². The molecule has 7 nitrogen and oxygen atoms in total. The first-order chi connectivity index (χ1) is 12.5. The number of carbonyl (C=O) groups excluding carboxylic acids is 1. The summed E-state index contributed by atoms with van der Waals surface area (Å²) >= 11 is 2.87. The number of unbranched alkanes of at least 4 members (excludes halogenated alkanes) is 2. The number of fused-ring (bicyclic) bond motifs is 1. The van der Waals surface area contributed by atoms with Gasteiger partial charge in [0.25, 0.3) is 5.56 Å². The number of amides is 1. The standard InChI is InChI=1S/C17H21N5O2S2/c1-4-5-6-7-13-20-21-17(26-13)19-12(23)8-22-9-18-15-14(16(22)24)10(2)11(3)25-15/h9H,4-8H2,1-3H3,(H,19,21,23). The number of aryl methyl sites for hydroxylation is 3. The van der Waals surface area contributed by atoms with E-state index in [9.17, 15) is 9.59 Å². The Bertz CT molecular complexity index is 989. The predicted octanol–water partition coefficient (Wildman–Crippen LogP) is 3.30. The lowest BCUT2D eigenvalue weighted by molar-refractivity contribution is -0.116. The molecule has 0 aliphatic carbocycles. The SMILES string of the molecule is CCCCCc1nnc(NC(=O)Cn2cnc3sc(C)c(C)c3c2=O)s1. The van der Waals surface area contributed by atoms with Crippen molar-refractivity contribution in [2.24, 2.45) is 0 Å². The molecule has 0 spiro atoms. The molecular formula is C17H21N5O2S2. The Labute approximate surface area is 159 Å². The van der Waals surface area contributed by atoms with Crippen LogP contribution in [0.4, 0.5) is 5.13 Å². The molecule has 0 unspecified atom stereocenters. The van der Waals surface area contributed by atoms with Crippen molar-refractivity contribution >= 4 is 43.9 Å². The number of carbonyl (C=O) groups is 1. The van der Waals surface area contributed by atoms with Crippen molar-refractivity contribution in [2.45, 2.75) is 53.0 Å². The third kappa shape index (κ3) is 3.99. The quantitative estimate of drug-likeness (QED) is 0.624. The minimum atomic E-state index is -0.311. The van der Waals surface area contributed by atoms with Crippen LogP contribution in [0.2, 0.25) is 0 Å². The second kappa shape index (κ2) is 8.05. The van der Waals surface area contributed by atoms with Gasteiger partial charge in [0.15, 0.2) is 0 Å². The van der Waals surface area contributed by atoms with Crippen LogP contribution in [-0.4, -0.2) is 25.7 Å². The first-order valence-corrected chi connectivity index (χ1v) is 10.2. The molecule has 0 saturated heterocycles. The maximum atomic E-state index is 12.6. The van der Waals surface area contributed by atoms with E-state index in [-0.39, 0.29) is 18.0 Å². The van der Waals surface area contributed by atoms with E-state index in [1.807, 2.05) is 13.8 Å². The fourth-order valence-corrected chi connectivity index (χ4v) is 4.41. The number of aromatic nitrogens is 4. The normalized spacial score (nSPS) is 11.2. The Morgan fingerprint density at radius 3 is 2.81 bits per heavy atom. The number of rotatable bonds is 7. The highest BCUT2D eigenvalue weighted by atomic mass is 32.1. The highest BCUT2D eigenvalue weighted by molar-refractivity contribution is 7.18. The molecule has 3 aromatic rings. The number of anilines is 1. The first kappa shape index (κ1) is 18.7. The van der Waals surface area contributed by atoms with Crippen molar-refractivity contribution in [3.8, 4) is 0 Å². The largest absolute Gasteiger partial charge is 0.299 e. The molecule has 0 aromatic carbocycles. The van der Waals surface area contributed by atoms with Crippen molar-refractivity contribution in [3.05, 3.63) is 32.1 Å². The molecule has 1 N–H and O–H groups in total. The molecule has 0 fully saturated rings. The Morgan fingerprint density at radius 1 is 1.23 bits per heavy atom. The van der Waals surface area contributed by atoms with E-state index in [1.54, 1.807) is 0 Å². The van der Waals surface area contributed by atoms with Gasteiger partial charge in [-0.1, -0.05) is 31.1 Å². The van der Waals surface area contributed by atoms with Crippen LogP contribution in [0.3, 0.4) is 0 Å². The van der Waals surface area contributed by atoms with Gasteiger partial charge in [-0.05, 0) is 25.8 Å². The van der Waals surface area contributed by atoms with Crippen LogP contribution < -0.4 is 10.9 Å². The number of hydrogen-bond donors (Lipinski definition) is 1. The summed E-state index contributed by atoms with van der Waals surface area (Å²) in [6.07, 6.45) is 5.67. The molecule has 3 heterocycles. The lowest BCUT2D eigenvalue weighted by Gasteiger charge is -2.05. The molecule has 0 bridgehead atoms. The molecule has 9 heteroatoms. The smallest absolute Gasteiger partial charge is 0.262 e. The summed E-state index contributed by atoms with van der Waals surface area (Å²) in [6.45, 7) is 5.92.